The smallest absolute Gasteiger partial charge is 0.328 e. The van der Waals surface area contributed by atoms with Crippen LogP contribution in [0.3, 0.4) is 0 Å². The van der Waals surface area contributed by atoms with Crippen molar-refractivity contribution in [2.24, 2.45) is 0 Å². The first-order valence-electron chi connectivity index (χ1n) is 18.4. The molecule has 0 aliphatic rings. The molecule has 0 aromatic rings. The van der Waals surface area contributed by atoms with Crippen molar-refractivity contribution < 1.29 is 23.9 Å². The minimum Gasteiger partial charge on any atom is -0.464 e. The van der Waals surface area contributed by atoms with Crippen LogP contribution >= 0.6 is 0 Å². The lowest BCUT2D eigenvalue weighted by Gasteiger charge is -2.21. The van der Waals surface area contributed by atoms with Gasteiger partial charge in [-0.25, -0.2) is 4.79 Å². The number of hydrogen-bond donors (Lipinski definition) is 1. The molecule has 0 aliphatic carbocycles. The Hall–Kier alpha value is -1.59. The van der Waals surface area contributed by atoms with Crippen molar-refractivity contribution in [2.75, 3.05) is 6.61 Å². The number of carbonyl (C=O) groups is 3. The van der Waals surface area contributed by atoms with Gasteiger partial charge in [-0.2, -0.15) is 0 Å². The minimum atomic E-state index is -0.813. The molecule has 0 heterocycles. The highest BCUT2D eigenvalue weighted by Crippen LogP contribution is 2.15. The molecule has 1 atom stereocenters. The topological polar surface area (TPSA) is 81.7 Å². The predicted molar refractivity (Wildman–Crippen MR) is 180 cm³/mol. The van der Waals surface area contributed by atoms with E-state index in [4.69, 9.17) is 9.47 Å². The molecule has 0 radical (unpaired) electrons. The molecule has 1 amide bonds. The van der Waals surface area contributed by atoms with Crippen LogP contribution in [0, 0.1) is 0 Å². The van der Waals surface area contributed by atoms with Crippen LogP contribution in [-0.2, 0) is 23.9 Å². The summed E-state index contributed by atoms with van der Waals surface area (Å²) >= 11 is 0. The molecule has 254 valence electrons. The maximum absolute atomic E-state index is 12.7. The Morgan fingerprint density at radius 3 is 1.37 bits per heavy atom. The number of nitrogens with one attached hydrogen (secondary N) is 1. The van der Waals surface area contributed by atoms with Crippen molar-refractivity contribution in [3.63, 3.8) is 0 Å². The summed E-state index contributed by atoms with van der Waals surface area (Å²) in [7, 11) is 0. The molecule has 0 rings (SSSR count). The number of carbonyl (C=O) groups excluding carboxylic acids is 3. The van der Waals surface area contributed by atoms with Crippen molar-refractivity contribution >= 4 is 17.8 Å². The second-order valence-corrected chi connectivity index (χ2v) is 13.6. The summed E-state index contributed by atoms with van der Waals surface area (Å²) in [6, 6.07) is -0.813. The molecule has 0 spiro atoms. The van der Waals surface area contributed by atoms with Crippen LogP contribution in [0.1, 0.15) is 202 Å². The average Bonchev–Trinajstić information content (AvgIpc) is 2.95. The van der Waals surface area contributed by atoms with Gasteiger partial charge in [0.2, 0.25) is 5.91 Å². The number of hydrogen-bond acceptors (Lipinski definition) is 5. The van der Waals surface area contributed by atoms with Crippen molar-refractivity contribution in [1.29, 1.82) is 0 Å². The quantitative estimate of drug-likeness (QED) is 0.0647. The Bertz CT molecular complexity index is 672. The van der Waals surface area contributed by atoms with Crippen molar-refractivity contribution in [1.82, 2.24) is 5.32 Å². The van der Waals surface area contributed by atoms with E-state index in [9.17, 15) is 14.4 Å². The highest BCUT2D eigenvalue weighted by atomic mass is 16.6. The van der Waals surface area contributed by atoms with Gasteiger partial charge < -0.3 is 14.8 Å². The molecule has 0 saturated heterocycles. The number of unbranched alkanes of at least 4 members (excludes halogenated alkanes) is 21. The van der Waals surface area contributed by atoms with Crippen molar-refractivity contribution in [3.8, 4) is 0 Å². The third-order valence-electron chi connectivity index (χ3n) is 7.93. The van der Waals surface area contributed by atoms with Gasteiger partial charge in [-0.3, -0.25) is 9.59 Å². The van der Waals surface area contributed by atoms with Crippen LogP contribution in [0.2, 0.25) is 0 Å². The molecule has 0 aliphatic heterocycles. The second-order valence-electron chi connectivity index (χ2n) is 13.6. The Morgan fingerprint density at radius 1 is 0.558 bits per heavy atom. The van der Waals surface area contributed by atoms with Gasteiger partial charge in [-0.05, 0) is 40.0 Å². The number of amides is 1. The van der Waals surface area contributed by atoms with Gasteiger partial charge in [-0.15, -0.1) is 0 Å². The lowest BCUT2D eigenvalue weighted by molar-refractivity contribution is -0.155. The maximum atomic E-state index is 12.7. The molecule has 0 saturated carbocycles. The SMILES string of the molecule is CCCCCCCCCCCCCCCCCCCCCC(=O)N[C@@H](CCC(=O)OC(C)(C)C)C(=O)OCCCCCC. The van der Waals surface area contributed by atoms with Crippen LogP contribution in [-0.4, -0.2) is 36.1 Å². The van der Waals surface area contributed by atoms with E-state index in [1.54, 1.807) is 0 Å². The van der Waals surface area contributed by atoms with Crippen LogP contribution in [0.15, 0.2) is 0 Å². The summed E-state index contributed by atoms with van der Waals surface area (Å²) in [4.78, 5) is 37.4. The Morgan fingerprint density at radius 2 is 0.953 bits per heavy atom. The highest BCUT2D eigenvalue weighted by molar-refractivity contribution is 5.85. The van der Waals surface area contributed by atoms with Gasteiger partial charge >= 0.3 is 11.9 Å². The fourth-order valence-electron chi connectivity index (χ4n) is 5.34. The van der Waals surface area contributed by atoms with Gasteiger partial charge in [0.25, 0.3) is 0 Å². The fraction of sp³-hybridized carbons (Fsp3) is 0.919. The fourth-order valence-corrected chi connectivity index (χ4v) is 5.34. The molecule has 1 N–H and O–H groups in total. The molecule has 0 unspecified atom stereocenters. The normalized spacial score (nSPS) is 12.2. The highest BCUT2D eigenvalue weighted by Gasteiger charge is 2.25. The van der Waals surface area contributed by atoms with E-state index in [-0.39, 0.29) is 24.7 Å². The summed E-state index contributed by atoms with van der Waals surface area (Å²) in [5, 5.41) is 2.82. The Kier molecular flexibility index (Phi) is 28.1. The minimum absolute atomic E-state index is 0.0619. The second kappa shape index (κ2) is 29.1. The zero-order chi connectivity index (χ0) is 32.0. The van der Waals surface area contributed by atoms with E-state index in [1.165, 1.54) is 103 Å². The van der Waals surface area contributed by atoms with Gasteiger partial charge in [0, 0.05) is 12.8 Å². The lowest BCUT2D eigenvalue weighted by atomic mass is 10.0. The zero-order valence-corrected chi connectivity index (χ0v) is 29.2. The van der Waals surface area contributed by atoms with E-state index in [0.29, 0.717) is 13.0 Å². The molecule has 43 heavy (non-hydrogen) atoms. The molecule has 0 aromatic heterocycles. The lowest BCUT2D eigenvalue weighted by Crippen LogP contribution is -2.42. The number of ether oxygens (including phenoxy) is 2. The summed E-state index contributed by atoms with van der Waals surface area (Å²) in [6.07, 6.45) is 29.7. The Balaban J connectivity index is 3.95. The first-order chi connectivity index (χ1) is 20.7. The first kappa shape index (κ1) is 41.4. The van der Waals surface area contributed by atoms with E-state index in [1.807, 2.05) is 20.8 Å². The van der Waals surface area contributed by atoms with Gasteiger partial charge in [-0.1, -0.05) is 149 Å². The van der Waals surface area contributed by atoms with Crippen LogP contribution < -0.4 is 5.32 Å². The molecule has 6 nitrogen and oxygen atoms in total. The molecule has 0 fully saturated rings. The standard InChI is InChI=1S/C37H71NO5/c1-6-8-10-12-13-14-15-16-17-18-19-20-21-22-23-24-25-26-27-29-34(39)38-33(30-31-35(40)43-37(3,4)5)36(41)42-32-28-11-9-7-2/h33H,6-32H2,1-5H3,(H,38,39)/t33-/m0/s1. The zero-order valence-electron chi connectivity index (χ0n) is 29.2. The first-order valence-corrected chi connectivity index (χ1v) is 18.4. The number of esters is 2. The maximum Gasteiger partial charge on any atom is 0.328 e. The van der Waals surface area contributed by atoms with Crippen LogP contribution in [0.25, 0.3) is 0 Å². The van der Waals surface area contributed by atoms with Crippen molar-refractivity contribution in [2.45, 2.75) is 213 Å². The Labute approximate surface area is 266 Å². The van der Waals surface area contributed by atoms with E-state index >= 15 is 0 Å². The van der Waals surface area contributed by atoms with Gasteiger partial charge in [0.1, 0.15) is 11.6 Å². The van der Waals surface area contributed by atoms with Crippen LogP contribution in [0.4, 0.5) is 0 Å². The molecular formula is C37H71NO5. The van der Waals surface area contributed by atoms with E-state index in [0.717, 1.165) is 44.9 Å². The largest absolute Gasteiger partial charge is 0.464 e. The monoisotopic (exact) mass is 610 g/mol. The number of rotatable bonds is 30. The van der Waals surface area contributed by atoms with Gasteiger partial charge in [0.15, 0.2) is 0 Å². The van der Waals surface area contributed by atoms with Crippen LogP contribution in [0.5, 0.6) is 0 Å². The molecular weight excluding hydrogens is 538 g/mol. The third-order valence-corrected chi connectivity index (χ3v) is 7.93. The predicted octanol–water partition coefficient (Wildman–Crippen LogP) is 10.5. The summed E-state index contributed by atoms with van der Waals surface area (Å²) in [5.41, 5.74) is -0.581. The summed E-state index contributed by atoms with van der Waals surface area (Å²) in [5.74, 6) is -0.980. The van der Waals surface area contributed by atoms with Gasteiger partial charge in [0.05, 0.1) is 6.61 Å². The molecule has 6 heteroatoms. The third kappa shape index (κ3) is 30.2. The molecule has 0 aromatic carbocycles. The van der Waals surface area contributed by atoms with E-state index in [2.05, 4.69) is 19.2 Å². The molecule has 0 bridgehead atoms. The summed E-state index contributed by atoms with van der Waals surface area (Å²) < 4.78 is 10.8. The van der Waals surface area contributed by atoms with Crippen molar-refractivity contribution in [3.05, 3.63) is 0 Å². The average molecular weight is 610 g/mol. The van der Waals surface area contributed by atoms with E-state index < -0.39 is 17.6 Å². The summed E-state index contributed by atoms with van der Waals surface area (Å²) in [6.45, 7) is 10.2.